The summed E-state index contributed by atoms with van der Waals surface area (Å²) >= 11 is 0. The highest BCUT2D eigenvalue weighted by molar-refractivity contribution is 7.90. The smallest absolute Gasteiger partial charge is 0.299 e. The zero-order valence-corrected chi connectivity index (χ0v) is 11.2. The number of hydrogen-bond acceptors (Lipinski definition) is 3. The molecule has 0 amide bonds. The van der Waals surface area contributed by atoms with Crippen LogP contribution in [0.1, 0.15) is 24.8 Å². The summed E-state index contributed by atoms with van der Waals surface area (Å²) in [6.45, 7) is -0.00979. The summed E-state index contributed by atoms with van der Waals surface area (Å²) in [5.74, 6) is 5.62. The topological polar surface area (TPSA) is 78.4 Å². The van der Waals surface area contributed by atoms with Crippen LogP contribution in [0.25, 0.3) is 0 Å². The highest BCUT2D eigenvalue weighted by Gasteiger charge is 2.27. The summed E-state index contributed by atoms with van der Waals surface area (Å²) in [6.07, 6.45) is 2.14. The third kappa shape index (κ3) is 4.56. The van der Waals surface area contributed by atoms with Gasteiger partial charge in [-0.2, -0.15) is 13.1 Å². The number of benzene rings is 1. The van der Waals surface area contributed by atoms with Gasteiger partial charge in [-0.3, -0.25) is 4.72 Å². The van der Waals surface area contributed by atoms with Crippen molar-refractivity contribution in [1.29, 1.82) is 0 Å². The van der Waals surface area contributed by atoms with Crippen LogP contribution in [0, 0.1) is 11.8 Å². The lowest BCUT2D eigenvalue weighted by molar-refractivity contribution is 0.305. The standard InChI is InChI=1S/C13H16N2O3S/c16-10-4-3-6-11-5-1-2-7-13(11)15-19(17,18)14-12-8-9-12/h1-2,5,7,12,14-16H,4,8-10H2. The maximum atomic E-state index is 11.8. The quantitative estimate of drug-likeness (QED) is 0.699. The molecule has 0 aliphatic heterocycles. The highest BCUT2D eigenvalue weighted by Crippen LogP contribution is 2.21. The average molecular weight is 280 g/mol. The van der Waals surface area contributed by atoms with Gasteiger partial charge in [0.05, 0.1) is 12.3 Å². The number of rotatable bonds is 5. The van der Waals surface area contributed by atoms with Crippen LogP contribution in [0.2, 0.25) is 0 Å². The third-order valence-electron chi connectivity index (χ3n) is 2.53. The predicted molar refractivity (Wildman–Crippen MR) is 73.7 cm³/mol. The van der Waals surface area contributed by atoms with Crippen molar-refractivity contribution in [3.63, 3.8) is 0 Å². The number of para-hydroxylation sites is 1. The van der Waals surface area contributed by atoms with Gasteiger partial charge >= 0.3 is 0 Å². The lowest BCUT2D eigenvalue weighted by Crippen LogP contribution is -2.32. The summed E-state index contributed by atoms with van der Waals surface area (Å²) in [7, 11) is -3.54. The van der Waals surface area contributed by atoms with Gasteiger partial charge in [0, 0.05) is 18.0 Å². The molecule has 3 N–H and O–H groups in total. The third-order valence-corrected chi connectivity index (χ3v) is 3.66. The SMILES string of the molecule is O=S(=O)(Nc1ccccc1C#CCCO)NC1CC1. The number of aliphatic hydroxyl groups excluding tert-OH is 1. The number of hydrogen-bond donors (Lipinski definition) is 3. The fourth-order valence-electron chi connectivity index (χ4n) is 1.49. The van der Waals surface area contributed by atoms with Gasteiger partial charge in [0.2, 0.25) is 0 Å². The van der Waals surface area contributed by atoms with Gasteiger partial charge in [0.15, 0.2) is 0 Å². The molecular formula is C13H16N2O3S. The monoisotopic (exact) mass is 280 g/mol. The van der Waals surface area contributed by atoms with E-state index >= 15 is 0 Å². The lowest BCUT2D eigenvalue weighted by Gasteiger charge is -2.10. The Morgan fingerprint density at radius 2 is 2.05 bits per heavy atom. The van der Waals surface area contributed by atoms with Crippen LogP contribution in [0.3, 0.4) is 0 Å². The van der Waals surface area contributed by atoms with Crippen molar-refractivity contribution in [2.75, 3.05) is 11.3 Å². The lowest BCUT2D eigenvalue weighted by atomic mass is 10.2. The van der Waals surface area contributed by atoms with Crippen LogP contribution in [0.4, 0.5) is 5.69 Å². The first kappa shape index (κ1) is 13.9. The molecule has 102 valence electrons. The van der Waals surface area contributed by atoms with E-state index in [9.17, 15) is 8.42 Å². The van der Waals surface area contributed by atoms with Crippen LogP contribution in [0.15, 0.2) is 24.3 Å². The molecule has 0 unspecified atom stereocenters. The minimum Gasteiger partial charge on any atom is -0.395 e. The minimum absolute atomic E-state index is 0.00979. The Labute approximate surface area is 113 Å². The second kappa shape index (κ2) is 6.06. The summed E-state index contributed by atoms with van der Waals surface area (Å²) in [6, 6.07) is 6.99. The molecule has 1 aliphatic carbocycles. The summed E-state index contributed by atoms with van der Waals surface area (Å²) in [5, 5.41) is 8.68. The number of aliphatic hydroxyl groups is 1. The summed E-state index contributed by atoms with van der Waals surface area (Å²) in [4.78, 5) is 0. The van der Waals surface area contributed by atoms with Gasteiger partial charge in [-0.05, 0) is 25.0 Å². The number of anilines is 1. The molecule has 0 radical (unpaired) electrons. The van der Waals surface area contributed by atoms with Gasteiger partial charge in [-0.1, -0.05) is 24.0 Å². The minimum atomic E-state index is -3.54. The zero-order chi connectivity index (χ0) is 13.7. The first-order chi connectivity index (χ1) is 9.11. The van der Waals surface area contributed by atoms with E-state index in [1.807, 2.05) is 0 Å². The fourth-order valence-corrected chi connectivity index (χ4v) is 2.69. The maximum Gasteiger partial charge on any atom is 0.299 e. The molecule has 1 aliphatic rings. The molecule has 1 fully saturated rings. The Balaban J connectivity index is 2.13. The van der Waals surface area contributed by atoms with Crippen molar-refractivity contribution in [2.24, 2.45) is 0 Å². The molecule has 0 atom stereocenters. The van der Waals surface area contributed by atoms with E-state index in [2.05, 4.69) is 21.3 Å². The van der Waals surface area contributed by atoms with E-state index < -0.39 is 10.2 Å². The molecule has 0 heterocycles. The van der Waals surface area contributed by atoms with Gasteiger partial charge < -0.3 is 5.11 Å². The average Bonchev–Trinajstić information content (AvgIpc) is 3.14. The normalized spacial score (nSPS) is 14.6. The van der Waals surface area contributed by atoms with E-state index in [-0.39, 0.29) is 12.6 Å². The van der Waals surface area contributed by atoms with Crippen LogP contribution in [-0.4, -0.2) is 26.2 Å². The van der Waals surface area contributed by atoms with Crippen LogP contribution in [-0.2, 0) is 10.2 Å². The van der Waals surface area contributed by atoms with Crippen molar-refractivity contribution in [3.05, 3.63) is 29.8 Å². The molecule has 0 saturated heterocycles. The summed E-state index contributed by atoms with van der Waals surface area (Å²) < 4.78 is 28.7. The van der Waals surface area contributed by atoms with Crippen molar-refractivity contribution >= 4 is 15.9 Å². The molecule has 5 nitrogen and oxygen atoms in total. The van der Waals surface area contributed by atoms with Gasteiger partial charge in [0.25, 0.3) is 10.2 Å². The molecule has 2 rings (SSSR count). The van der Waals surface area contributed by atoms with Crippen LogP contribution in [0.5, 0.6) is 0 Å². The van der Waals surface area contributed by atoms with Gasteiger partial charge in [-0.25, -0.2) is 0 Å². The highest BCUT2D eigenvalue weighted by atomic mass is 32.2. The maximum absolute atomic E-state index is 11.8. The fraction of sp³-hybridized carbons (Fsp3) is 0.385. The zero-order valence-electron chi connectivity index (χ0n) is 10.4. The molecule has 1 aromatic rings. The molecule has 0 spiro atoms. The molecule has 0 bridgehead atoms. The first-order valence-corrected chi connectivity index (χ1v) is 7.58. The number of nitrogens with one attached hydrogen (secondary N) is 2. The van der Waals surface area contributed by atoms with Gasteiger partial charge in [-0.15, -0.1) is 0 Å². The summed E-state index contributed by atoms with van der Waals surface area (Å²) in [5.41, 5.74) is 1.04. The molecular weight excluding hydrogens is 264 g/mol. The van der Waals surface area contributed by atoms with E-state index in [0.717, 1.165) is 12.8 Å². The largest absolute Gasteiger partial charge is 0.395 e. The molecule has 19 heavy (non-hydrogen) atoms. The van der Waals surface area contributed by atoms with E-state index in [4.69, 9.17) is 5.11 Å². The Morgan fingerprint density at radius 1 is 1.32 bits per heavy atom. The Morgan fingerprint density at radius 3 is 2.74 bits per heavy atom. The first-order valence-electron chi connectivity index (χ1n) is 6.09. The van der Waals surface area contributed by atoms with Crippen molar-refractivity contribution in [1.82, 2.24) is 4.72 Å². The van der Waals surface area contributed by atoms with E-state index in [0.29, 0.717) is 17.7 Å². The van der Waals surface area contributed by atoms with E-state index in [1.165, 1.54) is 0 Å². The van der Waals surface area contributed by atoms with Crippen molar-refractivity contribution in [2.45, 2.75) is 25.3 Å². The second-order valence-electron chi connectivity index (χ2n) is 4.32. The van der Waals surface area contributed by atoms with Crippen LogP contribution < -0.4 is 9.44 Å². The van der Waals surface area contributed by atoms with Crippen molar-refractivity contribution < 1.29 is 13.5 Å². The van der Waals surface area contributed by atoms with E-state index in [1.54, 1.807) is 24.3 Å². The van der Waals surface area contributed by atoms with Gasteiger partial charge in [0.1, 0.15) is 0 Å². The van der Waals surface area contributed by atoms with Crippen LogP contribution >= 0.6 is 0 Å². The Hall–Kier alpha value is -1.55. The Bertz CT molecular complexity index is 598. The molecule has 1 saturated carbocycles. The Kier molecular flexibility index (Phi) is 4.43. The molecule has 1 aromatic carbocycles. The predicted octanol–water partition coefficient (Wildman–Crippen LogP) is 0.829. The second-order valence-corrected chi connectivity index (χ2v) is 5.77. The molecule has 6 heteroatoms. The van der Waals surface area contributed by atoms with Crippen molar-refractivity contribution in [3.8, 4) is 11.8 Å². The molecule has 0 aromatic heterocycles.